The fraction of sp³-hybridized carbons (Fsp3) is 0.125. The van der Waals surface area contributed by atoms with E-state index in [0.717, 1.165) is 13.0 Å². The zero-order valence-corrected chi connectivity index (χ0v) is 13.0. The highest BCUT2D eigenvalue weighted by molar-refractivity contribution is 6.30. The fourth-order valence-electron chi connectivity index (χ4n) is 2.37. The van der Waals surface area contributed by atoms with E-state index in [1.807, 2.05) is 0 Å². The van der Waals surface area contributed by atoms with E-state index in [0.29, 0.717) is 10.6 Å². The first-order valence-corrected chi connectivity index (χ1v) is 7.13. The zero-order chi connectivity index (χ0) is 17.6. The van der Waals surface area contributed by atoms with E-state index in [1.165, 1.54) is 24.3 Å². The van der Waals surface area contributed by atoms with Crippen molar-refractivity contribution in [3.8, 4) is 11.3 Å². The minimum Gasteiger partial charge on any atom is -0.432 e. The van der Waals surface area contributed by atoms with E-state index >= 15 is 0 Å². The molecule has 0 saturated carbocycles. The van der Waals surface area contributed by atoms with Crippen molar-refractivity contribution in [2.75, 3.05) is 5.73 Å². The minimum absolute atomic E-state index is 0.0374. The number of alkyl halides is 3. The standard InChI is InChI=1S/C16H10ClF3N2O2/c1-7(23)14-13(21)12-10(16(18,19)20)6-11(22-15(12)24-14)8-2-4-9(17)5-3-8/h2-6H,21H2,1H3. The number of rotatable bonds is 2. The number of nitrogens with two attached hydrogens (primary N) is 1. The molecule has 0 bridgehead atoms. The normalized spacial score (nSPS) is 11.9. The second-order valence-corrected chi connectivity index (χ2v) is 5.58. The number of aromatic nitrogens is 1. The molecule has 2 N–H and O–H groups in total. The molecule has 0 amide bonds. The molecular weight excluding hydrogens is 345 g/mol. The number of carbonyl (C=O) groups excluding carboxylic acids is 1. The van der Waals surface area contributed by atoms with Crippen LogP contribution in [0.4, 0.5) is 18.9 Å². The lowest BCUT2D eigenvalue weighted by atomic mass is 10.1. The van der Waals surface area contributed by atoms with Crippen molar-refractivity contribution in [1.82, 2.24) is 4.98 Å². The summed E-state index contributed by atoms with van der Waals surface area (Å²) in [6, 6.07) is 7.02. The average Bonchev–Trinajstić information content (AvgIpc) is 2.83. The monoisotopic (exact) mass is 354 g/mol. The van der Waals surface area contributed by atoms with Crippen LogP contribution in [0.3, 0.4) is 0 Å². The lowest BCUT2D eigenvalue weighted by Gasteiger charge is -2.10. The van der Waals surface area contributed by atoms with Crippen molar-refractivity contribution in [2.45, 2.75) is 13.1 Å². The van der Waals surface area contributed by atoms with Gasteiger partial charge < -0.3 is 10.2 Å². The summed E-state index contributed by atoms with van der Waals surface area (Å²) in [5, 5.41) is 0.0300. The van der Waals surface area contributed by atoms with E-state index in [-0.39, 0.29) is 22.9 Å². The van der Waals surface area contributed by atoms with Gasteiger partial charge in [0.05, 0.1) is 22.3 Å². The molecule has 0 radical (unpaired) electrons. The van der Waals surface area contributed by atoms with Gasteiger partial charge in [-0.3, -0.25) is 4.79 Å². The van der Waals surface area contributed by atoms with Crippen LogP contribution in [0.25, 0.3) is 22.4 Å². The fourth-order valence-corrected chi connectivity index (χ4v) is 2.50. The number of Topliss-reactive ketones (excluding diaryl/α,β-unsaturated/α-hetero) is 1. The van der Waals surface area contributed by atoms with Gasteiger partial charge in [-0.1, -0.05) is 23.7 Å². The molecule has 1 aromatic carbocycles. The van der Waals surface area contributed by atoms with E-state index in [9.17, 15) is 18.0 Å². The molecule has 0 aliphatic carbocycles. The van der Waals surface area contributed by atoms with Gasteiger partial charge in [0.15, 0.2) is 11.5 Å². The zero-order valence-electron chi connectivity index (χ0n) is 12.2. The van der Waals surface area contributed by atoms with Gasteiger partial charge in [0.1, 0.15) is 0 Å². The minimum atomic E-state index is -4.69. The van der Waals surface area contributed by atoms with Crippen LogP contribution < -0.4 is 5.73 Å². The summed E-state index contributed by atoms with van der Waals surface area (Å²) in [6.45, 7) is 1.15. The summed E-state index contributed by atoms with van der Waals surface area (Å²) in [5.41, 5.74) is 4.43. The molecule has 8 heteroatoms. The number of carbonyl (C=O) groups is 1. The smallest absolute Gasteiger partial charge is 0.417 e. The predicted molar refractivity (Wildman–Crippen MR) is 83.9 cm³/mol. The first-order chi connectivity index (χ1) is 11.2. The second kappa shape index (κ2) is 5.52. The number of anilines is 1. The van der Waals surface area contributed by atoms with Crippen molar-refractivity contribution in [2.24, 2.45) is 0 Å². The SMILES string of the molecule is CC(=O)c1oc2nc(-c3ccc(Cl)cc3)cc(C(F)(F)F)c2c1N. The Hall–Kier alpha value is -2.54. The van der Waals surface area contributed by atoms with E-state index < -0.39 is 22.9 Å². The van der Waals surface area contributed by atoms with Crippen molar-refractivity contribution in [1.29, 1.82) is 0 Å². The maximum absolute atomic E-state index is 13.4. The van der Waals surface area contributed by atoms with Crippen LogP contribution in [0, 0.1) is 0 Å². The summed E-state index contributed by atoms with van der Waals surface area (Å²) in [5.74, 6) is -0.914. The Balaban J connectivity index is 2.34. The summed E-state index contributed by atoms with van der Waals surface area (Å²) < 4.78 is 45.5. The van der Waals surface area contributed by atoms with Gasteiger partial charge in [-0.25, -0.2) is 4.98 Å². The quantitative estimate of drug-likeness (QED) is 0.661. The highest BCUT2D eigenvalue weighted by atomic mass is 35.5. The Morgan fingerprint density at radius 2 is 1.88 bits per heavy atom. The van der Waals surface area contributed by atoms with Gasteiger partial charge in [-0.15, -0.1) is 0 Å². The molecule has 0 atom stereocenters. The number of hydrogen-bond donors (Lipinski definition) is 1. The van der Waals surface area contributed by atoms with Crippen LogP contribution in [0.15, 0.2) is 34.7 Å². The second-order valence-electron chi connectivity index (χ2n) is 5.14. The molecule has 4 nitrogen and oxygen atoms in total. The molecule has 2 heterocycles. The first kappa shape index (κ1) is 16.3. The number of furan rings is 1. The Morgan fingerprint density at radius 1 is 1.25 bits per heavy atom. The molecule has 0 saturated heterocycles. The molecule has 24 heavy (non-hydrogen) atoms. The molecular formula is C16H10ClF3N2O2. The molecule has 2 aromatic heterocycles. The summed E-state index contributed by atoms with van der Waals surface area (Å²) in [7, 11) is 0. The molecule has 0 aliphatic rings. The third-order valence-electron chi connectivity index (χ3n) is 3.46. The number of halogens is 4. The van der Waals surface area contributed by atoms with Crippen molar-refractivity contribution in [3.63, 3.8) is 0 Å². The molecule has 124 valence electrons. The lowest BCUT2D eigenvalue weighted by Crippen LogP contribution is -2.07. The maximum atomic E-state index is 13.4. The number of ketones is 1. The van der Waals surface area contributed by atoms with E-state index in [4.69, 9.17) is 21.8 Å². The van der Waals surface area contributed by atoms with Gasteiger partial charge >= 0.3 is 6.18 Å². The topological polar surface area (TPSA) is 69.1 Å². The van der Waals surface area contributed by atoms with Crippen molar-refractivity contribution < 1.29 is 22.4 Å². The average molecular weight is 355 g/mol. The predicted octanol–water partition coefficient (Wildman–Crippen LogP) is 4.95. The van der Waals surface area contributed by atoms with Gasteiger partial charge in [-0.2, -0.15) is 13.2 Å². The van der Waals surface area contributed by atoms with Gasteiger partial charge in [-0.05, 0) is 18.2 Å². The molecule has 0 fully saturated rings. The number of pyridine rings is 1. The third-order valence-corrected chi connectivity index (χ3v) is 3.72. The van der Waals surface area contributed by atoms with Crippen LogP contribution in [0.2, 0.25) is 5.02 Å². The van der Waals surface area contributed by atoms with Crippen molar-refractivity contribution in [3.05, 3.63) is 46.7 Å². The molecule has 3 rings (SSSR count). The van der Waals surface area contributed by atoms with Crippen LogP contribution in [-0.2, 0) is 6.18 Å². The summed E-state index contributed by atoms with van der Waals surface area (Å²) in [6.07, 6.45) is -4.69. The van der Waals surface area contributed by atoms with E-state index in [2.05, 4.69) is 4.98 Å². The number of nitrogens with zero attached hydrogens (tertiary/aromatic N) is 1. The molecule has 3 aromatic rings. The summed E-state index contributed by atoms with van der Waals surface area (Å²) >= 11 is 5.78. The lowest BCUT2D eigenvalue weighted by molar-refractivity contribution is -0.136. The Labute approximate surface area is 139 Å². The maximum Gasteiger partial charge on any atom is 0.417 e. The molecule has 0 unspecified atom stereocenters. The van der Waals surface area contributed by atoms with Gasteiger partial charge in [0.25, 0.3) is 0 Å². The number of hydrogen-bond acceptors (Lipinski definition) is 4. The molecule has 0 spiro atoms. The Morgan fingerprint density at radius 3 is 2.42 bits per heavy atom. The van der Waals surface area contributed by atoms with Gasteiger partial charge in [0, 0.05) is 17.5 Å². The Kier molecular flexibility index (Phi) is 3.76. The largest absolute Gasteiger partial charge is 0.432 e. The first-order valence-electron chi connectivity index (χ1n) is 6.75. The molecule has 0 aliphatic heterocycles. The summed E-state index contributed by atoms with van der Waals surface area (Å²) in [4.78, 5) is 15.6. The highest BCUT2D eigenvalue weighted by Crippen LogP contribution is 2.41. The highest BCUT2D eigenvalue weighted by Gasteiger charge is 2.36. The third kappa shape index (κ3) is 2.71. The number of fused-ring (bicyclic) bond motifs is 1. The van der Waals surface area contributed by atoms with Crippen LogP contribution in [0.1, 0.15) is 23.0 Å². The Bertz CT molecular complexity index is 947. The van der Waals surface area contributed by atoms with Crippen LogP contribution in [0.5, 0.6) is 0 Å². The number of benzene rings is 1. The van der Waals surface area contributed by atoms with Gasteiger partial charge in [0.2, 0.25) is 5.71 Å². The number of nitrogen functional groups attached to an aromatic ring is 1. The van der Waals surface area contributed by atoms with E-state index in [1.54, 1.807) is 0 Å². The van der Waals surface area contributed by atoms with Crippen LogP contribution >= 0.6 is 11.6 Å². The van der Waals surface area contributed by atoms with Crippen LogP contribution in [-0.4, -0.2) is 10.8 Å². The van der Waals surface area contributed by atoms with Crippen molar-refractivity contribution >= 4 is 34.2 Å².